The van der Waals surface area contributed by atoms with Gasteiger partial charge in [0.2, 0.25) is 0 Å². The molecule has 14 bridgehead atoms. The van der Waals surface area contributed by atoms with Crippen LogP contribution in [-0.2, 0) is 79.4 Å². The van der Waals surface area contributed by atoms with Gasteiger partial charge in [0.15, 0.2) is 81.9 Å². The predicted octanol–water partition coefficient (Wildman–Crippen LogP) is -13.2. The van der Waals surface area contributed by atoms with E-state index in [9.17, 15) is 97.0 Å². The Morgan fingerprint density at radius 2 is 0.368 bits per heavy atom. The van der Waals surface area contributed by atoms with Gasteiger partial charge in [-0.3, -0.25) is 0 Å². The summed E-state index contributed by atoms with van der Waals surface area (Å²) in [5.74, 6) is 0. The standard InChI is InChI=1S/C52H78N2O33/c55-13-20-41-29(64)36(71)50(78-20)85-43-22(15-57)76-48(34(69)27(43)62)81-39-18(11-53-7-3-1-4-8-53)75-47(33(68)26(39)61)84-42-21(14-56)79-51(37(72)30(42)65)87-45-24(17-59)80-52(38(73)31(45)66)86-44-23(16-58)77-49(35(70)28(44)63)82-40-19(12-54-9-5-2-6-10-54)74-46(83-41)32(67)25(40)60/h1-10,18-52,55-73H,11-17H2/q+2/t18-,19-,20-,21-,22-,23-,24-,25-,26-,27-,28-,29-,30-,31-,32-,33-,34-,35-,36-,37-,38-,39-,40-,41-,42-,43-,44-,45-,46-,47-,48-,49-,50-,51-,52-/m1/s1. The average Bonchev–Trinajstić information content (AvgIpc) is 2.15. The molecule has 35 atom stereocenters. The third kappa shape index (κ3) is 13.7. The number of pyridine rings is 2. The van der Waals surface area contributed by atoms with Crippen LogP contribution in [0.5, 0.6) is 0 Å². The van der Waals surface area contributed by atoms with Crippen LogP contribution in [-0.4, -0.2) is 345 Å². The van der Waals surface area contributed by atoms with E-state index in [1.54, 1.807) is 70.3 Å². The van der Waals surface area contributed by atoms with E-state index in [2.05, 4.69) is 0 Å². The fraction of sp³-hybridized carbons (Fsp3) is 0.808. The number of rotatable bonds is 9. The maximum atomic E-state index is 11.8. The highest BCUT2D eigenvalue weighted by molar-refractivity contribution is 5.02. The van der Waals surface area contributed by atoms with Crippen molar-refractivity contribution in [2.45, 2.75) is 228 Å². The maximum absolute atomic E-state index is 11.8. The molecule has 0 radical (unpaired) electrons. The van der Waals surface area contributed by atoms with Gasteiger partial charge >= 0.3 is 0 Å². The first-order chi connectivity index (χ1) is 41.7. The fourth-order valence-electron chi connectivity index (χ4n) is 11.9. The summed E-state index contributed by atoms with van der Waals surface area (Å²) in [6.45, 7) is -5.54. The molecule has 21 fully saturated rings. The van der Waals surface area contributed by atoms with Crippen LogP contribution in [0.2, 0.25) is 0 Å². The number of hydrogen-bond donors (Lipinski definition) is 19. The van der Waals surface area contributed by atoms with Crippen LogP contribution in [0, 0.1) is 0 Å². The van der Waals surface area contributed by atoms with E-state index in [1.807, 2.05) is 0 Å². The zero-order valence-electron chi connectivity index (χ0n) is 46.0. The van der Waals surface area contributed by atoms with E-state index in [1.165, 1.54) is 0 Å². The molecule has 23 heterocycles. The lowest BCUT2D eigenvalue weighted by Gasteiger charge is -2.49. The van der Waals surface area contributed by atoms with Gasteiger partial charge in [0.1, 0.15) is 171 Å². The van der Waals surface area contributed by atoms with E-state index < -0.39 is 248 Å². The van der Waals surface area contributed by atoms with Gasteiger partial charge in [0, 0.05) is 24.3 Å². The number of ether oxygens (including phenoxy) is 14. The van der Waals surface area contributed by atoms with Crippen molar-refractivity contribution in [3.05, 3.63) is 61.2 Å². The maximum Gasteiger partial charge on any atom is 0.187 e. The molecule has 19 N–H and O–H groups in total. The second-order valence-electron chi connectivity index (χ2n) is 22.4. The van der Waals surface area contributed by atoms with Gasteiger partial charge in [-0.2, -0.15) is 0 Å². The molecule has 0 saturated carbocycles. The Morgan fingerprint density at radius 1 is 0.207 bits per heavy atom. The quantitative estimate of drug-likeness (QED) is 0.104. The largest absolute Gasteiger partial charge is 0.394 e. The lowest BCUT2D eigenvalue weighted by atomic mass is 9.95. The third-order valence-electron chi connectivity index (χ3n) is 16.8. The average molecular weight is 1260 g/mol. The highest BCUT2D eigenvalue weighted by Crippen LogP contribution is 2.39. The van der Waals surface area contributed by atoms with E-state index in [0.717, 1.165) is 0 Å². The molecule has 0 aromatic carbocycles. The Morgan fingerprint density at radius 3 is 0.540 bits per heavy atom. The molecule has 21 saturated heterocycles. The molecule has 492 valence electrons. The van der Waals surface area contributed by atoms with Crippen molar-refractivity contribution in [2.24, 2.45) is 0 Å². The molecule has 35 heteroatoms. The van der Waals surface area contributed by atoms with E-state index >= 15 is 0 Å². The van der Waals surface area contributed by atoms with E-state index in [4.69, 9.17) is 66.3 Å². The summed E-state index contributed by atoms with van der Waals surface area (Å²) in [4.78, 5) is 0. The first kappa shape index (κ1) is 66.9. The summed E-state index contributed by atoms with van der Waals surface area (Å²) >= 11 is 0. The molecule has 23 rings (SSSR count). The SMILES string of the molecule is OC[C@H]1O[C@@H]2O[C@H]3[C@H](O)[C@@H](O)[C@@H](O[C@H]4[C@H](O)[C@@H](O)[C@@H](O[C@H]5[C@H](O)[C@@H](O)[C@@H](O[C@H]6[C@H](O)[C@@H](O)[C@@H](O[C@H]7[C@H](O)[C@@H](O)[C@@H](O[C@H]8[C@H](O)[C@@H](O)[C@@H](O[C@H]1[C@H](O)[C@H]2O)O[C@@H]8CO)O[C@@H]7C[n+]1ccccc1)O[C@@H]6CO)O[C@@H]5CO)O[C@@H]4C[n+]1ccccc1)O[C@@H]3CO. The van der Waals surface area contributed by atoms with Gasteiger partial charge in [-0.15, -0.1) is 0 Å². The van der Waals surface area contributed by atoms with Gasteiger partial charge in [0.25, 0.3) is 0 Å². The zero-order chi connectivity index (χ0) is 62.3. The summed E-state index contributed by atoms with van der Waals surface area (Å²) in [6.07, 6.45) is -61.8. The number of nitrogens with zero attached hydrogens (tertiary/aromatic N) is 2. The Kier molecular flexibility index (Phi) is 22.2. The monoisotopic (exact) mass is 1260 g/mol. The van der Waals surface area contributed by atoms with Crippen LogP contribution in [0.1, 0.15) is 0 Å². The molecule has 21 aliphatic heterocycles. The fourth-order valence-corrected chi connectivity index (χ4v) is 11.9. The van der Waals surface area contributed by atoms with Crippen LogP contribution >= 0.6 is 0 Å². The minimum Gasteiger partial charge on any atom is -0.394 e. The van der Waals surface area contributed by atoms with Crippen molar-refractivity contribution in [3.63, 3.8) is 0 Å². The number of aromatic nitrogens is 2. The predicted molar refractivity (Wildman–Crippen MR) is 268 cm³/mol. The highest BCUT2D eigenvalue weighted by atomic mass is 16.8. The van der Waals surface area contributed by atoms with Crippen molar-refractivity contribution in [2.75, 3.05) is 33.0 Å². The number of aliphatic hydroxyl groups excluding tert-OH is 19. The molecular formula is C52H78N2O33+2. The summed E-state index contributed by atoms with van der Waals surface area (Å²) in [5.41, 5.74) is 0. The van der Waals surface area contributed by atoms with Crippen LogP contribution in [0.15, 0.2) is 61.2 Å². The number of aliphatic hydroxyl groups is 19. The van der Waals surface area contributed by atoms with Crippen molar-refractivity contribution in [1.82, 2.24) is 0 Å². The highest BCUT2D eigenvalue weighted by Gasteiger charge is 2.60. The number of hydrogen-bond acceptors (Lipinski definition) is 33. The van der Waals surface area contributed by atoms with E-state index in [0.29, 0.717) is 0 Å². The van der Waals surface area contributed by atoms with Crippen molar-refractivity contribution < 1.29 is 172 Å². The lowest BCUT2D eigenvalue weighted by Crippen LogP contribution is -2.69. The summed E-state index contributed by atoms with van der Waals surface area (Å²) in [5, 5.41) is 215. The van der Waals surface area contributed by atoms with E-state index in [-0.39, 0.29) is 13.1 Å². The van der Waals surface area contributed by atoms with Crippen molar-refractivity contribution in [3.8, 4) is 0 Å². The van der Waals surface area contributed by atoms with Crippen molar-refractivity contribution >= 4 is 0 Å². The van der Waals surface area contributed by atoms with Crippen LogP contribution < -0.4 is 9.13 Å². The Hall–Kier alpha value is -3.02. The Bertz CT molecular complexity index is 2390. The van der Waals surface area contributed by atoms with Crippen LogP contribution in [0.4, 0.5) is 0 Å². The topological polar surface area (TPSA) is 521 Å². The molecular weight excluding hydrogens is 1180 g/mol. The molecule has 0 aliphatic carbocycles. The Balaban J connectivity index is 0.963. The summed E-state index contributed by atoms with van der Waals surface area (Å²) in [6, 6.07) is 9.87. The van der Waals surface area contributed by atoms with Gasteiger partial charge in [0.05, 0.1) is 33.0 Å². The van der Waals surface area contributed by atoms with Gasteiger partial charge in [-0.05, 0) is 0 Å². The van der Waals surface area contributed by atoms with Crippen molar-refractivity contribution in [1.29, 1.82) is 0 Å². The zero-order valence-corrected chi connectivity index (χ0v) is 46.0. The van der Waals surface area contributed by atoms with Gasteiger partial charge < -0.3 is 163 Å². The molecule has 0 spiro atoms. The van der Waals surface area contributed by atoms with Crippen LogP contribution in [0.25, 0.3) is 0 Å². The lowest BCUT2D eigenvalue weighted by molar-refractivity contribution is -0.707. The molecule has 0 unspecified atom stereocenters. The molecule has 2 aromatic heterocycles. The molecule has 0 amide bonds. The molecule has 2 aromatic rings. The summed E-state index contributed by atoms with van der Waals surface area (Å²) < 4.78 is 86.2. The smallest absolute Gasteiger partial charge is 0.187 e. The molecule has 35 nitrogen and oxygen atoms in total. The second-order valence-corrected chi connectivity index (χ2v) is 22.4. The minimum atomic E-state index is -2.19. The van der Waals surface area contributed by atoms with Crippen LogP contribution in [0.3, 0.4) is 0 Å². The molecule has 21 aliphatic rings. The molecule has 87 heavy (non-hydrogen) atoms. The van der Waals surface area contributed by atoms with Gasteiger partial charge in [-0.25, -0.2) is 9.13 Å². The second kappa shape index (κ2) is 28.9. The summed E-state index contributed by atoms with van der Waals surface area (Å²) in [7, 11) is 0. The first-order valence-corrected chi connectivity index (χ1v) is 28.3. The first-order valence-electron chi connectivity index (χ1n) is 28.3. The third-order valence-corrected chi connectivity index (χ3v) is 16.8. The normalized spacial score (nSPS) is 50.3. The minimum absolute atomic E-state index is 0.235. The van der Waals surface area contributed by atoms with Gasteiger partial charge in [-0.1, -0.05) is 12.1 Å². The Labute approximate surface area is 493 Å².